The normalized spacial score (nSPS) is 9.40. The Kier molecular flexibility index (Phi) is 11.3. The largest absolute Gasteiger partial charge is 0.383 e. The lowest BCUT2D eigenvalue weighted by Crippen LogP contribution is -1.95. The number of hydrogen-bond acceptors (Lipinski definition) is 4. The van der Waals surface area contributed by atoms with Gasteiger partial charge in [0.15, 0.2) is 5.13 Å². The number of thiazole rings is 1. The van der Waals surface area contributed by atoms with Gasteiger partial charge in [0.25, 0.3) is 0 Å². The zero-order valence-corrected chi connectivity index (χ0v) is 10.9. The lowest BCUT2D eigenvalue weighted by atomic mass is 10.3. The summed E-state index contributed by atoms with van der Waals surface area (Å²) in [5.41, 5.74) is 5.45. The number of anilines is 2. The number of aliphatic imine (C=N–C) groups is 1. The summed E-state index contributed by atoms with van der Waals surface area (Å²) in [4.78, 5) is 8.18. The van der Waals surface area contributed by atoms with Crippen molar-refractivity contribution < 1.29 is 0 Å². The van der Waals surface area contributed by atoms with Crippen LogP contribution in [0.5, 0.6) is 0 Å². The fourth-order valence-corrected chi connectivity index (χ4v) is 1.33. The maximum absolute atomic E-state index is 5.45. The van der Waals surface area contributed by atoms with Crippen LogP contribution >= 0.6 is 36.2 Å². The van der Waals surface area contributed by atoms with Crippen LogP contribution in [0.3, 0.4) is 0 Å². The van der Waals surface area contributed by atoms with E-state index in [0.29, 0.717) is 5.82 Å². The summed E-state index contributed by atoms with van der Waals surface area (Å²) < 4.78 is 0. The third kappa shape index (κ3) is 7.41. The summed E-state index contributed by atoms with van der Waals surface area (Å²) in [7, 11) is 0. The Hall–Kier alpha value is -0.520. The van der Waals surface area contributed by atoms with Gasteiger partial charge in [0.1, 0.15) is 5.82 Å². The number of nitrogens with two attached hydrogens (primary N) is 1. The van der Waals surface area contributed by atoms with Gasteiger partial charge in [0, 0.05) is 11.9 Å². The highest BCUT2D eigenvalue weighted by molar-refractivity contribution is 7.14. The summed E-state index contributed by atoms with van der Waals surface area (Å²) in [5, 5.41) is 5.54. The van der Waals surface area contributed by atoms with Crippen molar-refractivity contribution in [2.75, 3.05) is 17.6 Å². The van der Waals surface area contributed by atoms with E-state index in [9.17, 15) is 0 Å². The Labute approximate surface area is 106 Å². The molecular weight excluding hydrogens is 255 g/mol. The van der Waals surface area contributed by atoms with Crippen LogP contribution in [0.2, 0.25) is 0 Å². The van der Waals surface area contributed by atoms with Gasteiger partial charge < -0.3 is 11.1 Å². The number of nitrogens with one attached hydrogen (secondary N) is 1. The molecule has 3 N–H and O–H groups in total. The number of nitrogens with zero attached hydrogens (tertiary/aromatic N) is 2. The van der Waals surface area contributed by atoms with Gasteiger partial charge in [-0.3, -0.25) is 4.99 Å². The first-order valence-electron chi connectivity index (χ1n) is 4.28. The standard InChI is InChI=1S/C8H14N4S.2ClH/c1-2-3-4-10-6-11-8-12-7(9)5-13-8;;/h5-6H,2-4,9H2,1H3,(H,10,11,12);2*1H. The lowest BCUT2D eigenvalue weighted by Gasteiger charge is -1.92. The van der Waals surface area contributed by atoms with Crippen LogP contribution in [-0.2, 0) is 0 Å². The maximum Gasteiger partial charge on any atom is 0.189 e. The molecule has 0 saturated heterocycles. The molecule has 0 aliphatic rings. The van der Waals surface area contributed by atoms with Crippen molar-refractivity contribution in [2.45, 2.75) is 19.8 Å². The molecule has 1 heterocycles. The molecule has 0 aromatic carbocycles. The average molecular weight is 271 g/mol. The van der Waals surface area contributed by atoms with E-state index >= 15 is 0 Å². The molecule has 15 heavy (non-hydrogen) atoms. The summed E-state index contributed by atoms with van der Waals surface area (Å²) in [5.74, 6) is 0.550. The highest BCUT2D eigenvalue weighted by atomic mass is 35.5. The Morgan fingerprint density at radius 3 is 2.87 bits per heavy atom. The summed E-state index contributed by atoms with van der Waals surface area (Å²) in [6.07, 6.45) is 3.97. The van der Waals surface area contributed by atoms with E-state index in [-0.39, 0.29) is 24.8 Å². The lowest BCUT2D eigenvalue weighted by molar-refractivity contribution is 0.810. The molecule has 0 aliphatic heterocycles. The van der Waals surface area contributed by atoms with Crippen LogP contribution in [0.25, 0.3) is 0 Å². The molecule has 7 heteroatoms. The zero-order chi connectivity index (χ0) is 9.52. The predicted octanol–water partition coefficient (Wildman–Crippen LogP) is 2.81. The first-order chi connectivity index (χ1) is 6.33. The Bertz CT molecular complexity index is 277. The van der Waals surface area contributed by atoms with Crippen LogP contribution in [0, 0.1) is 0 Å². The van der Waals surface area contributed by atoms with Crippen LogP contribution in [0.15, 0.2) is 10.4 Å². The first kappa shape index (κ1) is 16.9. The number of rotatable bonds is 5. The third-order valence-electron chi connectivity index (χ3n) is 1.44. The van der Waals surface area contributed by atoms with Gasteiger partial charge in [-0.1, -0.05) is 13.3 Å². The number of nitrogen functional groups attached to an aromatic ring is 1. The van der Waals surface area contributed by atoms with Gasteiger partial charge in [-0.25, -0.2) is 4.98 Å². The number of hydrogen-bond donors (Lipinski definition) is 2. The van der Waals surface area contributed by atoms with Crippen molar-refractivity contribution in [3.8, 4) is 0 Å². The van der Waals surface area contributed by atoms with E-state index in [0.717, 1.165) is 18.1 Å². The number of halogens is 2. The summed E-state index contributed by atoms with van der Waals surface area (Å²) in [6, 6.07) is 0. The van der Waals surface area contributed by atoms with Crippen molar-refractivity contribution in [2.24, 2.45) is 4.99 Å². The van der Waals surface area contributed by atoms with Crippen LogP contribution in [-0.4, -0.2) is 17.9 Å². The monoisotopic (exact) mass is 270 g/mol. The molecule has 0 bridgehead atoms. The average Bonchev–Trinajstić information content (AvgIpc) is 2.51. The van der Waals surface area contributed by atoms with Gasteiger partial charge in [-0.15, -0.1) is 36.2 Å². The van der Waals surface area contributed by atoms with Crippen molar-refractivity contribution in [1.82, 2.24) is 4.98 Å². The molecule has 88 valence electrons. The van der Waals surface area contributed by atoms with Crippen LogP contribution in [0.1, 0.15) is 19.8 Å². The molecule has 0 unspecified atom stereocenters. The summed E-state index contributed by atoms with van der Waals surface area (Å²) in [6.45, 7) is 3.01. The molecule has 0 atom stereocenters. The third-order valence-corrected chi connectivity index (χ3v) is 2.23. The van der Waals surface area contributed by atoms with Crippen molar-refractivity contribution in [3.05, 3.63) is 5.38 Å². The van der Waals surface area contributed by atoms with Crippen LogP contribution < -0.4 is 11.1 Å². The van der Waals surface area contributed by atoms with E-state index < -0.39 is 0 Å². The number of aromatic nitrogens is 1. The Morgan fingerprint density at radius 1 is 1.60 bits per heavy atom. The second kappa shape index (κ2) is 10.0. The molecule has 1 aromatic rings. The molecule has 4 nitrogen and oxygen atoms in total. The van der Waals surface area contributed by atoms with Crippen LogP contribution in [0.4, 0.5) is 10.9 Å². The molecule has 0 radical (unpaired) electrons. The van der Waals surface area contributed by atoms with E-state index in [2.05, 4.69) is 22.2 Å². The quantitative estimate of drug-likeness (QED) is 0.491. The molecule has 1 rings (SSSR count). The van der Waals surface area contributed by atoms with Gasteiger partial charge in [-0.05, 0) is 6.42 Å². The second-order valence-electron chi connectivity index (χ2n) is 2.61. The molecule has 0 fully saturated rings. The molecule has 0 aliphatic carbocycles. The molecule has 0 saturated carbocycles. The minimum absolute atomic E-state index is 0. The topological polar surface area (TPSA) is 63.3 Å². The maximum atomic E-state index is 5.45. The fourth-order valence-electron chi connectivity index (χ4n) is 0.767. The molecular formula is C8H16Cl2N4S. The van der Waals surface area contributed by atoms with Gasteiger partial charge in [-0.2, -0.15) is 0 Å². The van der Waals surface area contributed by atoms with Crippen molar-refractivity contribution >= 4 is 53.4 Å². The Morgan fingerprint density at radius 2 is 2.33 bits per heavy atom. The first-order valence-corrected chi connectivity index (χ1v) is 5.16. The van der Waals surface area contributed by atoms with Gasteiger partial charge >= 0.3 is 0 Å². The highest BCUT2D eigenvalue weighted by Gasteiger charge is 1.93. The van der Waals surface area contributed by atoms with E-state index in [4.69, 9.17) is 5.73 Å². The van der Waals surface area contributed by atoms with E-state index in [1.807, 2.05) is 0 Å². The Balaban J connectivity index is 0. The number of unbranched alkanes of at least 4 members (excludes halogenated alkanes) is 1. The second-order valence-corrected chi connectivity index (χ2v) is 3.47. The molecule has 0 amide bonds. The molecule has 1 aromatic heterocycles. The molecule has 0 spiro atoms. The van der Waals surface area contributed by atoms with Gasteiger partial charge in [0.05, 0.1) is 6.34 Å². The highest BCUT2D eigenvalue weighted by Crippen LogP contribution is 2.15. The van der Waals surface area contributed by atoms with Crippen molar-refractivity contribution in [1.29, 1.82) is 0 Å². The summed E-state index contributed by atoms with van der Waals surface area (Å²) >= 11 is 1.47. The zero-order valence-electron chi connectivity index (χ0n) is 8.47. The SMILES string of the molecule is CCCCN=CNc1nc(N)cs1.Cl.Cl. The smallest absolute Gasteiger partial charge is 0.189 e. The fraction of sp³-hybridized carbons (Fsp3) is 0.500. The van der Waals surface area contributed by atoms with Gasteiger partial charge in [0.2, 0.25) is 0 Å². The van der Waals surface area contributed by atoms with E-state index in [1.54, 1.807) is 11.7 Å². The van der Waals surface area contributed by atoms with E-state index in [1.165, 1.54) is 17.8 Å². The van der Waals surface area contributed by atoms with Crippen molar-refractivity contribution in [3.63, 3.8) is 0 Å². The predicted molar refractivity (Wildman–Crippen MR) is 72.9 cm³/mol. The minimum atomic E-state index is 0. The minimum Gasteiger partial charge on any atom is -0.383 e.